The van der Waals surface area contributed by atoms with Gasteiger partial charge in [-0.25, -0.2) is 0 Å². The first-order valence-electron chi connectivity index (χ1n) is 13.0. The Kier molecular flexibility index (Phi) is 7.03. The molecule has 1 aliphatic carbocycles. The Morgan fingerprint density at radius 3 is 2.60 bits per heavy atom. The van der Waals surface area contributed by atoms with Crippen molar-refractivity contribution in [2.75, 3.05) is 11.9 Å². The van der Waals surface area contributed by atoms with Crippen molar-refractivity contribution in [3.63, 3.8) is 0 Å². The number of furan rings is 1. The Morgan fingerprint density at radius 1 is 1.03 bits per heavy atom. The molecule has 182 valence electrons. The van der Waals surface area contributed by atoms with Crippen LogP contribution in [0.2, 0.25) is 0 Å². The predicted octanol–water partition coefficient (Wildman–Crippen LogP) is 6.54. The van der Waals surface area contributed by atoms with E-state index in [1.807, 2.05) is 66.4 Å². The Morgan fingerprint density at radius 2 is 1.83 bits per heavy atom. The quantitative estimate of drug-likeness (QED) is 0.445. The minimum Gasteiger partial charge on any atom is -0.461 e. The fourth-order valence-electron chi connectivity index (χ4n) is 5.51. The molecule has 1 unspecified atom stereocenters. The lowest BCUT2D eigenvalue weighted by molar-refractivity contribution is -0.137. The van der Waals surface area contributed by atoms with E-state index in [0.29, 0.717) is 12.5 Å². The van der Waals surface area contributed by atoms with E-state index in [9.17, 15) is 9.59 Å². The van der Waals surface area contributed by atoms with Crippen molar-refractivity contribution in [1.82, 2.24) is 4.90 Å². The van der Waals surface area contributed by atoms with Crippen molar-refractivity contribution in [1.29, 1.82) is 0 Å². The van der Waals surface area contributed by atoms with Gasteiger partial charge >= 0.3 is 0 Å². The summed E-state index contributed by atoms with van der Waals surface area (Å²) < 4.78 is 6.21. The minimum atomic E-state index is -0.191. The van der Waals surface area contributed by atoms with E-state index < -0.39 is 0 Å². The summed E-state index contributed by atoms with van der Waals surface area (Å²) in [6.07, 6.45) is 7.13. The number of hydrogen-bond acceptors (Lipinski definition) is 3. The number of carbonyl (C=O) groups excluding carboxylic acids is 2. The lowest BCUT2D eigenvalue weighted by Gasteiger charge is -2.31. The first-order chi connectivity index (χ1) is 17.1. The first-order valence-corrected chi connectivity index (χ1v) is 13.0. The van der Waals surface area contributed by atoms with Gasteiger partial charge in [0.2, 0.25) is 11.8 Å². The van der Waals surface area contributed by atoms with Gasteiger partial charge in [-0.15, -0.1) is 0 Å². The van der Waals surface area contributed by atoms with Crippen LogP contribution in [0.15, 0.2) is 65.1 Å². The molecule has 5 rings (SSSR count). The van der Waals surface area contributed by atoms with Crippen molar-refractivity contribution < 1.29 is 14.0 Å². The molecule has 1 saturated carbocycles. The van der Waals surface area contributed by atoms with Gasteiger partial charge in [-0.3, -0.25) is 9.59 Å². The van der Waals surface area contributed by atoms with Crippen LogP contribution >= 0.6 is 0 Å². The molecule has 1 aliphatic heterocycles. The monoisotopic (exact) mass is 470 g/mol. The van der Waals surface area contributed by atoms with E-state index >= 15 is 0 Å². The Hall–Kier alpha value is -3.34. The molecule has 5 heteroatoms. The van der Waals surface area contributed by atoms with E-state index in [1.54, 1.807) is 0 Å². The zero-order valence-corrected chi connectivity index (χ0v) is 20.5. The number of rotatable bonds is 6. The van der Waals surface area contributed by atoms with E-state index in [-0.39, 0.29) is 17.7 Å². The average Bonchev–Trinajstić information content (AvgIpc) is 3.34. The Bertz CT molecular complexity index is 1180. The van der Waals surface area contributed by atoms with Crippen molar-refractivity contribution in [2.24, 2.45) is 5.92 Å². The molecule has 2 heterocycles. The van der Waals surface area contributed by atoms with E-state index in [1.165, 1.54) is 19.3 Å². The zero-order chi connectivity index (χ0) is 24.2. The summed E-state index contributed by atoms with van der Waals surface area (Å²) in [4.78, 5) is 28.1. The van der Waals surface area contributed by atoms with Crippen LogP contribution in [0.4, 0.5) is 5.69 Å². The molecule has 1 fully saturated rings. The average molecular weight is 471 g/mol. The van der Waals surface area contributed by atoms with Crippen LogP contribution < -0.4 is 5.32 Å². The van der Waals surface area contributed by atoms with E-state index in [4.69, 9.17) is 4.42 Å². The SMILES string of the molecule is CCC(C(=O)Nc1cccc(-c2cc3c(o2)CCN(C(=O)C2CCCCC2)C3)c1)c1ccccc1. The zero-order valence-electron chi connectivity index (χ0n) is 20.5. The highest BCUT2D eigenvalue weighted by Crippen LogP contribution is 2.33. The number of nitrogens with one attached hydrogen (secondary N) is 1. The van der Waals surface area contributed by atoms with Gasteiger partial charge in [0.1, 0.15) is 11.5 Å². The van der Waals surface area contributed by atoms with Gasteiger partial charge in [-0.05, 0) is 43.0 Å². The molecule has 0 saturated heterocycles. The van der Waals surface area contributed by atoms with Crippen LogP contribution in [0.5, 0.6) is 0 Å². The molecule has 2 aromatic carbocycles. The third-order valence-electron chi connectivity index (χ3n) is 7.47. The van der Waals surface area contributed by atoms with E-state index in [0.717, 1.165) is 66.1 Å². The largest absolute Gasteiger partial charge is 0.461 e. The molecule has 0 bridgehead atoms. The van der Waals surface area contributed by atoms with Gasteiger partial charge in [0.05, 0.1) is 5.92 Å². The molecule has 1 N–H and O–H groups in total. The smallest absolute Gasteiger partial charge is 0.231 e. The Balaban J connectivity index is 1.28. The lowest BCUT2D eigenvalue weighted by atomic mass is 9.88. The van der Waals surface area contributed by atoms with Gasteiger partial charge in [0.15, 0.2) is 0 Å². The molecule has 0 spiro atoms. The standard InChI is InChI=1S/C30H34N2O3/c1-2-26(21-10-5-3-6-11-21)29(33)31-25-15-9-14-23(18-25)28-19-24-20-32(17-16-27(24)35-28)30(34)22-12-7-4-8-13-22/h3,5-6,9-11,14-15,18-19,22,26H,2,4,7-8,12-13,16-17,20H2,1H3,(H,31,33). The van der Waals surface area contributed by atoms with Crippen molar-refractivity contribution in [3.05, 3.63) is 77.6 Å². The van der Waals surface area contributed by atoms with Gasteiger partial charge in [-0.2, -0.15) is 0 Å². The minimum absolute atomic E-state index is 0.00791. The molecule has 2 amide bonds. The highest BCUT2D eigenvalue weighted by molar-refractivity contribution is 5.96. The highest BCUT2D eigenvalue weighted by Gasteiger charge is 2.30. The van der Waals surface area contributed by atoms with Crippen LogP contribution in [0.1, 0.15) is 68.3 Å². The van der Waals surface area contributed by atoms with Gasteiger partial charge in [0.25, 0.3) is 0 Å². The highest BCUT2D eigenvalue weighted by atomic mass is 16.3. The maximum Gasteiger partial charge on any atom is 0.231 e. The number of anilines is 1. The van der Waals surface area contributed by atoms with Gasteiger partial charge < -0.3 is 14.6 Å². The normalized spacial score (nSPS) is 17.0. The fraction of sp³-hybridized carbons (Fsp3) is 0.400. The molecular formula is C30H34N2O3. The van der Waals surface area contributed by atoms with Crippen LogP contribution in [0.3, 0.4) is 0 Å². The van der Waals surface area contributed by atoms with Crippen LogP contribution in [-0.4, -0.2) is 23.3 Å². The summed E-state index contributed by atoms with van der Waals surface area (Å²) in [5.74, 6) is 2.06. The van der Waals surface area contributed by atoms with E-state index in [2.05, 4.69) is 11.4 Å². The number of benzene rings is 2. The molecule has 5 nitrogen and oxygen atoms in total. The fourth-order valence-corrected chi connectivity index (χ4v) is 5.51. The lowest BCUT2D eigenvalue weighted by Crippen LogP contribution is -2.40. The molecular weight excluding hydrogens is 436 g/mol. The molecule has 1 atom stereocenters. The van der Waals surface area contributed by atoms with Crippen LogP contribution in [-0.2, 0) is 22.6 Å². The number of amides is 2. The van der Waals surface area contributed by atoms with Crippen LogP contribution in [0, 0.1) is 5.92 Å². The molecule has 1 aromatic heterocycles. The molecule has 0 radical (unpaired) electrons. The summed E-state index contributed by atoms with van der Waals surface area (Å²) in [6.45, 7) is 3.38. The summed E-state index contributed by atoms with van der Waals surface area (Å²) in [5.41, 5.74) is 3.80. The second-order valence-electron chi connectivity index (χ2n) is 9.85. The molecule has 35 heavy (non-hydrogen) atoms. The summed E-state index contributed by atoms with van der Waals surface area (Å²) in [6, 6.07) is 19.8. The van der Waals surface area contributed by atoms with Crippen LogP contribution in [0.25, 0.3) is 11.3 Å². The maximum atomic E-state index is 13.0. The third-order valence-corrected chi connectivity index (χ3v) is 7.47. The Labute approximate surface area is 207 Å². The second-order valence-corrected chi connectivity index (χ2v) is 9.85. The maximum absolute atomic E-state index is 13.0. The first kappa shape index (κ1) is 23.4. The number of fused-ring (bicyclic) bond motifs is 1. The summed E-state index contributed by atoms with van der Waals surface area (Å²) >= 11 is 0. The van der Waals surface area contributed by atoms with Crippen molar-refractivity contribution in [2.45, 2.75) is 64.3 Å². The predicted molar refractivity (Wildman–Crippen MR) is 138 cm³/mol. The molecule has 2 aliphatic rings. The van der Waals surface area contributed by atoms with Gasteiger partial charge in [-0.1, -0.05) is 68.7 Å². The number of carbonyl (C=O) groups is 2. The number of hydrogen-bond donors (Lipinski definition) is 1. The topological polar surface area (TPSA) is 62.6 Å². The molecule has 3 aromatic rings. The third kappa shape index (κ3) is 5.19. The number of nitrogens with zero attached hydrogens (tertiary/aromatic N) is 1. The second kappa shape index (κ2) is 10.5. The summed E-state index contributed by atoms with van der Waals surface area (Å²) in [5, 5.41) is 3.09. The summed E-state index contributed by atoms with van der Waals surface area (Å²) in [7, 11) is 0. The van der Waals surface area contributed by atoms with Gasteiger partial charge in [0, 0.05) is 42.2 Å². The van der Waals surface area contributed by atoms with Crippen molar-refractivity contribution >= 4 is 17.5 Å². The van der Waals surface area contributed by atoms with Crippen molar-refractivity contribution in [3.8, 4) is 11.3 Å².